The molecule has 0 saturated heterocycles. The Morgan fingerprint density at radius 3 is 3.13 bits per heavy atom. The van der Waals surface area contributed by atoms with Crippen LogP contribution in [0.5, 0.6) is 0 Å². The molecular weight excluding hydrogens is 208 g/mol. The molecule has 1 unspecified atom stereocenters. The Labute approximate surface area is 91.8 Å². The molecule has 1 aliphatic carbocycles. The van der Waals surface area contributed by atoms with Gasteiger partial charge in [0, 0.05) is 11.8 Å². The summed E-state index contributed by atoms with van der Waals surface area (Å²) in [6.07, 6.45) is 4.37. The molecule has 1 aliphatic rings. The molecule has 2 aromatic heterocycles. The van der Waals surface area contributed by atoms with E-state index in [4.69, 9.17) is 0 Å². The minimum absolute atomic E-state index is 0.219. The zero-order chi connectivity index (χ0) is 10.3. The zero-order valence-corrected chi connectivity index (χ0v) is 9.07. The van der Waals surface area contributed by atoms with Crippen molar-refractivity contribution in [2.45, 2.75) is 25.4 Å². The Balaban J connectivity index is 1.92. The minimum atomic E-state index is -0.219. The van der Waals surface area contributed by atoms with Crippen LogP contribution in [0.3, 0.4) is 0 Å². The van der Waals surface area contributed by atoms with Crippen molar-refractivity contribution in [3.63, 3.8) is 0 Å². The van der Waals surface area contributed by atoms with E-state index in [-0.39, 0.29) is 6.10 Å². The summed E-state index contributed by atoms with van der Waals surface area (Å²) in [5, 5.41) is 13.0. The van der Waals surface area contributed by atoms with Crippen LogP contribution >= 0.6 is 11.3 Å². The Morgan fingerprint density at radius 2 is 2.33 bits per heavy atom. The molecule has 2 heterocycles. The molecule has 0 spiro atoms. The fourth-order valence-corrected chi connectivity index (χ4v) is 2.60. The van der Waals surface area contributed by atoms with Crippen molar-refractivity contribution in [2.75, 3.05) is 0 Å². The molecule has 0 amide bonds. The maximum Gasteiger partial charge on any atom is 0.126 e. The van der Waals surface area contributed by atoms with Crippen LogP contribution in [0.25, 0.3) is 10.2 Å². The third-order valence-corrected chi connectivity index (χ3v) is 3.73. The molecule has 0 aliphatic heterocycles. The van der Waals surface area contributed by atoms with Gasteiger partial charge in [-0.3, -0.25) is 0 Å². The van der Waals surface area contributed by atoms with E-state index in [1.807, 2.05) is 11.4 Å². The average Bonchev–Trinajstić information content (AvgIpc) is 2.97. The molecule has 0 radical (unpaired) electrons. The van der Waals surface area contributed by atoms with E-state index in [0.717, 1.165) is 15.9 Å². The van der Waals surface area contributed by atoms with Gasteiger partial charge in [-0.25, -0.2) is 9.97 Å². The highest BCUT2D eigenvalue weighted by Crippen LogP contribution is 2.34. The molecular formula is C11H12N2OS. The lowest BCUT2D eigenvalue weighted by Crippen LogP contribution is -2.13. The van der Waals surface area contributed by atoms with Crippen LogP contribution in [0.2, 0.25) is 0 Å². The number of hydrogen-bond donors (Lipinski definition) is 1. The SMILES string of the molecule is OC(Cc1ncnc2sccc12)C1CC1. The molecule has 1 atom stereocenters. The van der Waals surface area contributed by atoms with Gasteiger partial charge < -0.3 is 5.11 Å². The standard InChI is InChI=1S/C11H12N2OS/c14-10(7-1-2-7)5-9-8-3-4-15-11(8)13-6-12-9/h3-4,6-7,10,14H,1-2,5H2. The van der Waals surface area contributed by atoms with E-state index in [2.05, 4.69) is 9.97 Å². The summed E-state index contributed by atoms with van der Waals surface area (Å²) in [4.78, 5) is 9.48. The van der Waals surface area contributed by atoms with Crippen LogP contribution < -0.4 is 0 Å². The third-order valence-electron chi connectivity index (χ3n) is 2.91. The molecule has 1 saturated carbocycles. The average molecular weight is 220 g/mol. The minimum Gasteiger partial charge on any atom is -0.392 e. The quantitative estimate of drug-likeness (QED) is 0.860. The van der Waals surface area contributed by atoms with Gasteiger partial charge in [0.1, 0.15) is 11.2 Å². The van der Waals surface area contributed by atoms with Crippen molar-refractivity contribution in [1.29, 1.82) is 0 Å². The Morgan fingerprint density at radius 1 is 1.47 bits per heavy atom. The maximum atomic E-state index is 9.88. The van der Waals surface area contributed by atoms with Gasteiger partial charge in [-0.2, -0.15) is 0 Å². The monoisotopic (exact) mass is 220 g/mol. The lowest BCUT2D eigenvalue weighted by Gasteiger charge is -2.08. The van der Waals surface area contributed by atoms with Gasteiger partial charge in [0.05, 0.1) is 11.8 Å². The van der Waals surface area contributed by atoms with Crippen molar-refractivity contribution in [3.05, 3.63) is 23.5 Å². The van der Waals surface area contributed by atoms with Gasteiger partial charge in [-0.15, -0.1) is 11.3 Å². The lowest BCUT2D eigenvalue weighted by molar-refractivity contribution is 0.151. The van der Waals surface area contributed by atoms with Gasteiger partial charge >= 0.3 is 0 Å². The molecule has 3 nitrogen and oxygen atoms in total. The Hall–Kier alpha value is -1.00. The Bertz CT molecular complexity index is 478. The second kappa shape index (κ2) is 3.54. The predicted molar refractivity (Wildman–Crippen MR) is 59.8 cm³/mol. The molecule has 78 valence electrons. The smallest absolute Gasteiger partial charge is 0.126 e. The largest absolute Gasteiger partial charge is 0.392 e. The van der Waals surface area contributed by atoms with Crippen LogP contribution in [0, 0.1) is 5.92 Å². The summed E-state index contributed by atoms with van der Waals surface area (Å²) < 4.78 is 0. The van der Waals surface area contributed by atoms with E-state index in [9.17, 15) is 5.11 Å². The highest BCUT2D eigenvalue weighted by molar-refractivity contribution is 7.16. The highest BCUT2D eigenvalue weighted by Gasteiger charge is 2.30. The molecule has 0 bridgehead atoms. The fraction of sp³-hybridized carbons (Fsp3) is 0.455. The molecule has 1 fully saturated rings. The maximum absolute atomic E-state index is 9.88. The van der Waals surface area contributed by atoms with Crippen LogP contribution in [0.1, 0.15) is 18.5 Å². The van der Waals surface area contributed by atoms with Gasteiger partial charge in [0.15, 0.2) is 0 Å². The summed E-state index contributed by atoms with van der Waals surface area (Å²) in [7, 11) is 0. The summed E-state index contributed by atoms with van der Waals surface area (Å²) >= 11 is 1.62. The molecule has 15 heavy (non-hydrogen) atoms. The van der Waals surface area contributed by atoms with Crippen molar-refractivity contribution >= 4 is 21.6 Å². The number of fused-ring (bicyclic) bond motifs is 1. The Kier molecular flexibility index (Phi) is 2.18. The van der Waals surface area contributed by atoms with Gasteiger partial charge in [0.2, 0.25) is 0 Å². The highest BCUT2D eigenvalue weighted by atomic mass is 32.1. The number of nitrogens with zero attached hydrogens (tertiary/aromatic N) is 2. The summed E-state index contributed by atoms with van der Waals surface area (Å²) in [6, 6.07) is 2.04. The number of aliphatic hydroxyl groups is 1. The first kappa shape index (κ1) is 9.24. The van der Waals surface area contributed by atoms with Crippen molar-refractivity contribution in [2.24, 2.45) is 5.92 Å². The molecule has 2 aromatic rings. The number of rotatable bonds is 3. The molecule has 3 rings (SSSR count). The van der Waals surface area contributed by atoms with Gasteiger partial charge in [-0.1, -0.05) is 0 Å². The van der Waals surface area contributed by atoms with Crippen LogP contribution in [-0.2, 0) is 6.42 Å². The first-order valence-corrected chi connectivity index (χ1v) is 6.07. The first-order chi connectivity index (χ1) is 7.34. The number of aromatic nitrogens is 2. The third kappa shape index (κ3) is 1.75. The van der Waals surface area contributed by atoms with E-state index in [1.54, 1.807) is 17.7 Å². The van der Waals surface area contributed by atoms with Crippen molar-refractivity contribution in [3.8, 4) is 0 Å². The molecule has 0 aromatic carbocycles. The predicted octanol–water partition coefficient (Wildman–Crippen LogP) is 2.00. The van der Waals surface area contributed by atoms with Crippen LogP contribution in [0.4, 0.5) is 0 Å². The van der Waals surface area contributed by atoms with E-state index < -0.39 is 0 Å². The summed E-state index contributed by atoms with van der Waals surface area (Å²) in [5.74, 6) is 0.508. The van der Waals surface area contributed by atoms with E-state index in [0.29, 0.717) is 12.3 Å². The van der Waals surface area contributed by atoms with Gasteiger partial charge in [-0.05, 0) is 30.2 Å². The zero-order valence-electron chi connectivity index (χ0n) is 8.26. The van der Waals surface area contributed by atoms with Gasteiger partial charge in [0.25, 0.3) is 0 Å². The second-order valence-electron chi connectivity index (χ2n) is 4.07. The number of hydrogen-bond acceptors (Lipinski definition) is 4. The van der Waals surface area contributed by atoms with Crippen molar-refractivity contribution in [1.82, 2.24) is 9.97 Å². The van der Waals surface area contributed by atoms with Crippen molar-refractivity contribution < 1.29 is 5.11 Å². The number of thiophene rings is 1. The van der Waals surface area contributed by atoms with Crippen LogP contribution in [-0.4, -0.2) is 21.2 Å². The summed E-state index contributed by atoms with van der Waals surface area (Å²) in [5.41, 5.74) is 0.987. The molecule has 4 heteroatoms. The first-order valence-electron chi connectivity index (χ1n) is 5.20. The normalized spacial score (nSPS) is 18.2. The second-order valence-corrected chi connectivity index (χ2v) is 4.96. The van der Waals surface area contributed by atoms with E-state index in [1.165, 1.54) is 12.8 Å². The topological polar surface area (TPSA) is 46.0 Å². The van der Waals surface area contributed by atoms with E-state index >= 15 is 0 Å². The fourth-order valence-electron chi connectivity index (χ4n) is 1.85. The number of aliphatic hydroxyl groups excluding tert-OH is 1. The summed E-state index contributed by atoms with van der Waals surface area (Å²) in [6.45, 7) is 0. The molecule has 1 N–H and O–H groups in total. The van der Waals surface area contributed by atoms with Crippen LogP contribution in [0.15, 0.2) is 17.8 Å². The lowest BCUT2D eigenvalue weighted by atomic mass is 10.1.